The molecule has 21 heavy (non-hydrogen) atoms. The molecule has 2 rings (SSSR count). The van der Waals surface area contributed by atoms with E-state index < -0.39 is 0 Å². The summed E-state index contributed by atoms with van der Waals surface area (Å²) < 4.78 is 2.33. The van der Waals surface area contributed by atoms with Crippen LogP contribution >= 0.6 is 12.2 Å². The second-order valence-electron chi connectivity index (χ2n) is 6.64. The number of hydrogen-bond donors (Lipinski definition) is 2. The summed E-state index contributed by atoms with van der Waals surface area (Å²) in [6.45, 7) is 6.83. The van der Waals surface area contributed by atoms with Gasteiger partial charge in [-0.15, -0.1) is 0 Å². The van der Waals surface area contributed by atoms with Gasteiger partial charge in [-0.2, -0.15) is 5.10 Å². The number of aromatic amines is 1. The second kappa shape index (κ2) is 6.73. The minimum Gasteiger partial charge on any atom is -0.351 e. The number of aryl methyl sites for hydroxylation is 1. The minimum absolute atomic E-state index is 0.0322. The van der Waals surface area contributed by atoms with E-state index >= 15 is 0 Å². The lowest BCUT2D eigenvalue weighted by Crippen LogP contribution is -2.47. The average Bonchev–Trinajstić information content (AvgIpc) is 2.74. The molecule has 0 spiro atoms. The number of carbonyl (C=O) groups is 1. The Morgan fingerprint density at radius 3 is 2.95 bits per heavy atom. The van der Waals surface area contributed by atoms with E-state index in [4.69, 9.17) is 12.2 Å². The Labute approximate surface area is 131 Å². The average molecular weight is 310 g/mol. The van der Waals surface area contributed by atoms with E-state index in [0.29, 0.717) is 4.77 Å². The number of nitrogens with one attached hydrogen (secondary N) is 2. The molecular formula is C15H26N4OS. The standard InChI is InChI=1S/C15H26N4OS/c1-4-7-12-17-18-14(21)19(12)10-13(20)16-11-8-5-6-9-15(11,2)3/h11H,4-10H2,1-3H3,(H,16,20)(H,18,21). The predicted molar refractivity (Wildman–Crippen MR) is 85.6 cm³/mol. The van der Waals surface area contributed by atoms with Crippen molar-refractivity contribution in [3.8, 4) is 0 Å². The molecule has 6 heteroatoms. The van der Waals surface area contributed by atoms with E-state index in [1.165, 1.54) is 19.3 Å². The smallest absolute Gasteiger partial charge is 0.240 e. The molecule has 1 aromatic rings. The summed E-state index contributed by atoms with van der Waals surface area (Å²) in [5.41, 5.74) is 0.179. The molecule has 0 aliphatic heterocycles. The molecule has 118 valence electrons. The summed E-state index contributed by atoms with van der Waals surface area (Å²) in [5, 5.41) is 10.2. The van der Waals surface area contributed by atoms with Crippen LogP contribution in [0, 0.1) is 10.2 Å². The Balaban J connectivity index is 2.02. The van der Waals surface area contributed by atoms with E-state index in [0.717, 1.165) is 25.1 Å². The molecule has 1 heterocycles. The summed E-state index contributed by atoms with van der Waals surface area (Å²) in [5.74, 6) is 0.894. The Hall–Kier alpha value is -1.17. The van der Waals surface area contributed by atoms with Crippen LogP contribution in [0.15, 0.2) is 0 Å². The van der Waals surface area contributed by atoms with E-state index in [2.05, 4.69) is 36.3 Å². The number of carbonyl (C=O) groups excluding carboxylic acids is 1. The Kier molecular flexibility index (Phi) is 5.19. The maximum atomic E-state index is 12.4. The highest BCUT2D eigenvalue weighted by Crippen LogP contribution is 2.35. The number of rotatable bonds is 5. The fraction of sp³-hybridized carbons (Fsp3) is 0.800. The van der Waals surface area contributed by atoms with Gasteiger partial charge >= 0.3 is 0 Å². The zero-order chi connectivity index (χ0) is 15.5. The molecule has 0 bridgehead atoms. The molecule has 1 saturated carbocycles. The fourth-order valence-electron chi connectivity index (χ4n) is 3.07. The summed E-state index contributed by atoms with van der Waals surface area (Å²) in [4.78, 5) is 12.4. The van der Waals surface area contributed by atoms with Crippen LogP contribution in [-0.2, 0) is 17.8 Å². The number of hydrogen-bond acceptors (Lipinski definition) is 3. The highest BCUT2D eigenvalue weighted by atomic mass is 32.1. The SMILES string of the molecule is CCCc1n[nH]c(=S)n1CC(=O)NC1CCCCC1(C)C. The summed E-state index contributed by atoms with van der Waals surface area (Å²) in [6.07, 6.45) is 6.50. The highest BCUT2D eigenvalue weighted by Gasteiger charge is 2.33. The number of amides is 1. The molecule has 0 radical (unpaired) electrons. The summed E-state index contributed by atoms with van der Waals surface area (Å²) in [7, 11) is 0. The third-order valence-electron chi connectivity index (χ3n) is 4.46. The van der Waals surface area contributed by atoms with Gasteiger partial charge in [0.25, 0.3) is 0 Å². The quantitative estimate of drug-likeness (QED) is 0.822. The van der Waals surface area contributed by atoms with E-state index in [1.54, 1.807) is 0 Å². The Bertz CT molecular complexity index is 546. The van der Waals surface area contributed by atoms with E-state index in [-0.39, 0.29) is 23.9 Å². The van der Waals surface area contributed by atoms with Crippen molar-refractivity contribution in [3.63, 3.8) is 0 Å². The van der Waals surface area contributed by atoms with Gasteiger partial charge in [0.2, 0.25) is 5.91 Å². The third kappa shape index (κ3) is 3.93. The van der Waals surface area contributed by atoms with E-state index in [9.17, 15) is 4.79 Å². The van der Waals surface area contributed by atoms with Crippen molar-refractivity contribution in [1.82, 2.24) is 20.1 Å². The molecule has 1 fully saturated rings. The molecule has 0 aromatic carbocycles. The summed E-state index contributed by atoms with van der Waals surface area (Å²) in [6, 6.07) is 0.259. The van der Waals surface area contributed by atoms with Gasteiger partial charge in [-0.25, -0.2) is 0 Å². The molecule has 1 aliphatic rings. The molecule has 1 aliphatic carbocycles. The van der Waals surface area contributed by atoms with Gasteiger partial charge in [0.05, 0.1) is 0 Å². The topological polar surface area (TPSA) is 62.7 Å². The van der Waals surface area contributed by atoms with Crippen molar-refractivity contribution in [2.45, 2.75) is 71.9 Å². The van der Waals surface area contributed by atoms with Gasteiger partial charge in [-0.3, -0.25) is 14.5 Å². The lowest BCUT2D eigenvalue weighted by molar-refractivity contribution is -0.123. The molecule has 1 aromatic heterocycles. The zero-order valence-electron chi connectivity index (χ0n) is 13.2. The second-order valence-corrected chi connectivity index (χ2v) is 7.02. The van der Waals surface area contributed by atoms with Crippen LogP contribution in [0.1, 0.15) is 58.7 Å². The van der Waals surface area contributed by atoms with Crippen molar-refractivity contribution in [2.75, 3.05) is 0 Å². The first-order valence-electron chi connectivity index (χ1n) is 7.87. The van der Waals surface area contributed by atoms with Gasteiger partial charge in [0.1, 0.15) is 12.4 Å². The maximum absolute atomic E-state index is 12.4. The maximum Gasteiger partial charge on any atom is 0.240 e. The molecule has 5 nitrogen and oxygen atoms in total. The molecule has 1 amide bonds. The predicted octanol–water partition coefficient (Wildman–Crippen LogP) is 2.98. The van der Waals surface area contributed by atoms with Crippen LogP contribution in [0.25, 0.3) is 0 Å². The number of aromatic nitrogens is 3. The molecule has 1 atom stereocenters. The summed E-state index contributed by atoms with van der Waals surface area (Å²) >= 11 is 5.22. The lowest BCUT2D eigenvalue weighted by atomic mass is 9.73. The van der Waals surface area contributed by atoms with Gasteiger partial charge in [0.15, 0.2) is 4.77 Å². The van der Waals surface area contributed by atoms with Crippen molar-refractivity contribution < 1.29 is 4.79 Å². The van der Waals surface area contributed by atoms with Gasteiger partial charge in [-0.1, -0.05) is 33.6 Å². The first-order valence-corrected chi connectivity index (χ1v) is 8.28. The van der Waals surface area contributed by atoms with Crippen molar-refractivity contribution in [2.24, 2.45) is 5.41 Å². The van der Waals surface area contributed by atoms with Crippen LogP contribution in [0.3, 0.4) is 0 Å². The van der Waals surface area contributed by atoms with Crippen LogP contribution in [0.5, 0.6) is 0 Å². The van der Waals surface area contributed by atoms with Gasteiger partial charge < -0.3 is 5.32 Å². The Morgan fingerprint density at radius 2 is 2.29 bits per heavy atom. The monoisotopic (exact) mass is 310 g/mol. The van der Waals surface area contributed by atoms with Crippen LogP contribution in [-0.4, -0.2) is 26.7 Å². The normalized spacial score (nSPS) is 21.2. The molecular weight excluding hydrogens is 284 g/mol. The first kappa shape index (κ1) is 16.2. The third-order valence-corrected chi connectivity index (χ3v) is 4.77. The van der Waals surface area contributed by atoms with Gasteiger partial charge in [0, 0.05) is 12.5 Å². The molecule has 1 unspecified atom stereocenters. The number of nitrogens with zero attached hydrogens (tertiary/aromatic N) is 2. The minimum atomic E-state index is 0.0322. The fourth-order valence-corrected chi connectivity index (χ4v) is 3.29. The van der Waals surface area contributed by atoms with Gasteiger partial charge in [-0.05, 0) is 36.9 Å². The highest BCUT2D eigenvalue weighted by molar-refractivity contribution is 7.71. The first-order chi connectivity index (χ1) is 9.94. The lowest BCUT2D eigenvalue weighted by Gasteiger charge is -2.39. The Morgan fingerprint density at radius 1 is 1.52 bits per heavy atom. The van der Waals surface area contributed by atoms with E-state index in [1.807, 2.05) is 4.57 Å². The van der Waals surface area contributed by atoms with Crippen LogP contribution < -0.4 is 5.32 Å². The van der Waals surface area contributed by atoms with Crippen LogP contribution in [0.2, 0.25) is 0 Å². The van der Waals surface area contributed by atoms with Crippen molar-refractivity contribution >= 4 is 18.1 Å². The van der Waals surface area contributed by atoms with Crippen molar-refractivity contribution in [3.05, 3.63) is 10.6 Å². The largest absolute Gasteiger partial charge is 0.351 e. The molecule has 0 saturated heterocycles. The van der Waals surface area contributed by atoms with Crippen LogP contribution in [0.4, 0.5) is 0 Å². The van der Waals surface area contributed by atoms with Crippen molar-refractivity contribution in [1.29, 1.82) is 0 Å². The number of H-pyrrole nitrogens is 1. The zero-order valence-corrected chi connectivity index (χ0v) is 14.1. The molecule has 2 N–H and O–H groups in total.